The normalized spacial score (nSPS) is 13.0. The molecule has 0 aliphatic rings. The van der Waals surface area contributed by atoms with Crippen LogP contribution in [0.1, 0.15) is 6.92 Å². The Morgan fingerprint density at radius 3 is 2.42 bits per heavy atom. The number of amides is 1. The van der Waals surface area contributed by atoms with Crippen molar-refractivity contribution in [1.82, 2.24) is 5.32 Å². The summed E-state index contributed by atoms with van der Waals surface area (Å²) in [6.45, 7) is 1.81. The van der Waals surface area contributed by atoms with Crippen LogP contribution in [0.25, 0.3) is 0 Å². The van der Waals surface area contributed by atoms with Crippen LogP contribution in [0.4, 0.5) is 5.69 Å². The highest BCUT2D eigenvalue weighted by atomic mass is 79.9. The van der Waals surface area contributed by atoms with Crippen molar-refractivity contribution in [3.63, 3.8) is 0 Å². The van der Waals surface area contributed by atoms with Crippen molar-refractivity contribution in [2.24, 2.45) is 0 Å². The third-order valence-electron chi connectivity index (χ3n) is 2.29. The van der Waals surface area contributed by atoms with Gasteiger partial charge in [-0.3, -0.25) is 4.79 Å². The lowest BCUT2D eigenvalue weighted by Gasteiger charge is -2.12. The smallest absolute Gasteiger partial charge is 0.238 e. The Morgan fingerprint density at radius 2 is 1.89 bits per heavy atom. The molecule has 0 fully saturated rings. The maximum absolute atomic E-state index is 11.6. The molecular weight excluding hydrogens is 332 g/mol. The summed E-state index contributed by atoms with van der Waals surface area (Å²) in [4.78, 5) is 11.6. The van der Waals surface area contributed by atoms with Gasteiger partial charge in [0.15, 0.2) is 0 Å². The Labute approximate surface area is 121 Å². The molecular formula is C12H17BrN2O3S. The number of rotatable bonds is 6. The zero-order valence-electron chi connectivity index (χ0n) is 10.8. The van der Waals surface area contributed by atoms with Crippen LogP contribution < -0.4 is 10.6 Å². The number of carbonyl (C=O) groups excluding carboxylic acids is 1. The molecule has 0 bridgehead atoms. The summed E-state index contributed by atoms with van der Waals surface area (Å²) >= 11 is 3.31. The highest BCUT2D eigenvalue weighted by Crippen LogP contribution is 2.13. The SMILES string of the molecule is CC(CS(C)(=O)=O)NCC(=O)Nc1ccc(Br)cc1. The van der Waals surface area contributed by atoms with Crippen LogP contribution >= 0.6 is 15.9 Å². The first-order valence-corrected chi connectivity index (χ1v) is 8.58. The van der Waals surface area contributed by atoms with E-state index in [1.807, 2.05) is 12.1 Å². The third kappa shape index (κ3) is 7.29. The summed E-state index contributed by atoms with van der Waals surface area (Å²) in [5.74, 6) is -0.193. The number of halogens is 1. The van der Waals surface area contributed by atoms with Crippen molar-refractivity contribution in [2.75, 3.05) is 23.9 Å². The van der Waals surface area contributed by atoms with Crippen molar-refractivity contribution < 1.29 is 13.2 Å². The lowest BCUT2D eigenvalue weighted by Crippen LogP contribution is -2.38. The molecule has 1 amide bonds. The standard InChI is InChI=1S/C12H17BrN2O3S/c1-9(8-19(2,17)18)14-7-12(16)15-11-5-3-10(13)4-6-11/h3-6,9,14H,7-8H2,1-2H3,(H,15,16). The minimum atomic E-state index is -3.03. The van der Waals surface area contributed by atoms with Crippen molar-refractivity contribution >= 4 is 37.4 Å². The third-order valence-corrected chi connectivity index (χ3v) is 3.93. The second-order valence-corrected chi connectivity index (χ2v) is 7.53. The molecule has 5 nitrogen and oxygen atoms in total. The van der Waals surface area contributed by atoms with Crippen molar-refractivity contribution in [1.29, 1.82) is 0 Å². The van der Waals surface area contributed by atoms with E-state index in [9.17, 15) is 13.2 Å². The fourth-order valence-corrected chi connectivity index (χ4v) is 2.81. The first-order chi connectivity index (χ1) is 8.76. The van der Waals surface area contributed by atoms with E-state index in [0.29, 0.717) is 5.69 Å². The predicted molar refractivity (Wildman–Crippen MR) is 79.9 cm³/mol. The molecule has 1 aromatic carbocycles. The molecule has 0 radical (unpaired) electrons. The van der Waals surface area contributed by atoms with Crippen LogP contribution in [0.2, 0.25) is 0 Å². The average molecular weight is 349 g/mol. The van der Waals surface area contributed by atoms with Gasteiger partial charge < -0.3 is 10.6 Å². The maximum Gasteiger partial charge on any atom is 0.238 e. The van der Waals surface area contributed by atoms with Crippen LogP contribution in [0, 0.1) is 0 Å². The van der Waals surface area contributed by atoms with E-state index < -0.39 is 9.84 Å². The van der Waals surface area contributed by atoms with Gasteiger partial charge in [0.05, 0.1) is 12.3 Å². The van der Waals surface area contributed by atoms with E-state index in [4.69, 9.17) is 0 Å². The number of hydrogen-bond acceptors (Lipinski definition) is 4. The highest BCUT2D eigenvalue weighted by molar-refractivity contribution is 9.10. The van der Waals surface area contributed by atoms with Crippen molar-refractivity contribution in [3.8, 4) is 0 Å². The largest absolute Gasteiger partial charge is 0.325 e. The molecule has 7 heteroatoms. The molecule has 1 unspecified atom stereocenters. The minimum absolute atomic E-state index is 0.0125. The molecule has 19 heavy (non-hydrogen) atoms. The predicted octanol–water partition coefficient (Wildman–Crippen LogP) is 1.41. The van der Waals surface area contributed by atoms with Gasteiger partial charge >= 0.3 is 0 Å². The van der Waals surface area contributed by atoms with Gasteiger partial charge in [0.2, 0.25) is 5.91 Å². The molecule has 1 atom stereocenters. The quantitative estimate of drug-likeness (QED) is 0.814. The number of anilines is 1. The second kappa shape index (κ2) is 7.02. The Hall–Kier alpha value is -0.920. The topological polar surface area (TPSA) is 75.3 Å². The lowest BCUT2D eigenvalue weighted by molar-refractivity contribution is -0.115. The van der Waals surface area contributed by atoms with Crippen molar-refractivity contribution in [2.45, 2.75) is 13.0 Å². The van der Waals surface area contributed by atoms with Gasteiger partial charge in [-0.15, -0.1) is 0 Å². The molecule has 0 heterocycles. The maximum atomic E-state index is 11.6. The minimum Gasteiger partial charge on any atom is -0.325 e. The summed E-state index contributed by atoms with van der Waals surface area (Å²) < 4.78 is 23.1. The van der Waals surface area contributed by atoms with Gasteiger partial charge in [-0.25, -0.2) is 8.42 Å². The Balaban J connectivity index is 2.38. The molecule has 0 aromatic heterocycles. The van der Waals surface area contributed by atoms with E-state index in [-0.39, 0.29) is 24.2 Å². The molecule has 106 valence electrons. The van der Waals surface area contributed by atoms with Crippen LogP contribution in [0.15, 0.2) is 28.7 Å². The Bertz CT molecular complexity index is 528. The number of carbonyl (C=O) groups is 1. The molecule has 2 N–H and O–H groups in total. The molecule has 0 spiro atoms. The van der Waals surface area contributed by atoms with Gasteiger partial charge in [0, 0.05) is 22.5 Å². The molecule has 1 aromatic rings. The first-order valence-electron chi connectivity index (χ1n) is 5.73. The molecule has 1 rings (SSSR count). The second-order valence-electron chi connectivity index (χ2n) is 4.43. The van der Waals surface area contributed by atoms with E-state index >= 15 is 0 Å². The molecule has 0 saturated carbocycles. The summed E-state index contributed by atoms with van der Waals surface area (Å²) in [7, 11) is -3.03. The van der Waals surface area contributed by atoms with Crippen molar-refractivity contribution in [3.05, 3.63) is 28.7 Å². The Morgan fingerprint density at radius 1 is 1.32 bits per heavy atom. The molecule has 0 saturated heterocycles. The first kappa shape index (κ1) is 16.1. The average Bonchev–Trinajstić information content (AvgIpc) is 2.27. The summed E-state index contributed by atoms with van der Waals surface area (Å²) in [5.41, 5.74) is 0.700. The molecule has 0 aliphatic carbocycles. The van der Waals surface area contributed by atoms with Crippen LogP contribution in [0.5, 0.6) is 0 Å². The van der Waals surface area contributed by atoms with Gasteiger partial charge in [0.1, 0.15) is 9.84 Å². The van der Waals surface area contributed by atoms with Gasteiger partial charge in [-0.05, 0) is 31.2 Å². The van der Waals surface area contributed by atoms with Gasteiger partial charge in [-0.1, -0.05) is 15.9 Å². The number of sulfone groups is 1. The molecule has 0 aliphatic heterocycles. The zero-order chi connectivity index (χ0) is 14.5. The van der Waals surface area contributed by atoms with E-state index in [0.717, 1.165) is 4.47 Å². The zero-order valence-corrected chi connectivity index (χ0v) is 13.2. The van der Waals surface area contributed by atoms with Crippen LogP contribution in [0.3, 0.4) is 0 Å². The van der Waals surface area contributed by atoms with Crippen LogP contribution in [-0.4, -0.2) is 38.9 Å². The Kier molecular flexibility index (Phi) is 5.96. The monoisotopic (exact) mass is 348 g/mol. The number of hydrogen-bond donors (Lipinski definition) is 2. The summed E-state index contributed by atoms with van der Waals surface area (Å²) in [5, 5.41) is 5.59. The highest BCUT2D eigenvalue weighted by Gasteiger charge is 2.11. The van der Waals surface area contributed by atoms with Gasteiger partial charge in [-0.2, -0.15) is 0 Å². The van der Waals surface area contributed by atoms with Gasteiger partial charge in [0.25, 0.3) is 0 Å². The summed E-state index contributed by atoms with van der Waals surface area (Å²) in [6.07, 6.45) is 1.17. The number of benzene rings is 1. The fourth-order valence-electron chi connectivity index (χ4n) is 1.52. The lowest BCUT2D eigenvalue weighted by atomic mass is 10.3. The van der Waals surface area contributed by atoms with Crippen LogP contribution in [-0.2, 0) is 14.6 Å². The number of nitrogens with one attached hydrogen (secondary N) is 2. The van der Waals surface area contributed by atoms with E-state index in [1.165, 1.54) is 6.26 Å². The van der Waals surface area contributed by atoms with E-state index in [2.05, 4.69) is 26.6 Å². The van der Waals surface area contributed by atoms with E-state index in [1.54, 1.807) is 19.1 Å². The summed E-state index contributed by atoms with van der Waals surface area (Å²) in [6, 6.07) is 6.96. The fraction of sp³-hybridized carbons (Fsp3) is 0.417.